The summed E-state index contributed by atoms with van der Waals surface area (Å²) in [6, 6.07) is 11.3. The van der Waals surface area contributed by atoms with Crippen molar-refractivity contribution < 1.29 is 41.0 Å². The molecule has 0 spiro atoms. The summed E-state index contributed by atoms with van der Waals surface area (Å²) in [5, 5.41) is 13.3. The minimum absolute atomic E-state index is 0.120. The molecular formula is C24H31F3N4O6S. The van der Waals surface area contributed by atoms with E-state index in [1.165, 1.54) is 19.2 Å². The Bertz CT molecular complexity index is 1200. The molecule has 1 heterocycles. The van der Waals surface area contributed by atoms with Gasteiger partial charge in [-0.05, 0) is 48.4 Å². The number of carbonyl (C=O) groups excluding carboxylic acids is 1. The lowest BCUT2D eigenvalue weighted by Crippen LogP contribution is -2.43. The lowest BCUT2D eigenvalue weighted by atomic mass is 10.1. The number of anilines is 2. The molecule has 38 heavy (non-hydrogen) atoms. The summed E-state index contributed by atoms with van der Waals surface area (Å²) < 4.78 is 65.6. The molecule has 1 saturated heterocycles. The number of aliphatic carboxylic acids is 1. The van der Waals surface area contributed by atoms with E-state index in [9.17, 15) is 26.4 Å². The number of hydrogen-bond donors (Lipinski definition) is 4. The second-order valence-electron chi connectivity index (χ2n) is 8.66. The van der Waals surface area contributed by atoms with Gasteiger partial charge in [0.25, 0.3) is 15.9 Å². The van der Waals surface area contributed by atoms with Gasteiger partial charge in [-0.25, -0.2) is 13.2 Å². The molecule has 210 valence electrons. The largest absolute Gasteiger partial charge is 0.497 e. The third-order valence-corrected chi connectivity index (χ3v) is 6.63. The Balaban J connectivity index is 0.000000638. The number of piperazine rings is 1. The van der Waals surface area contributed by atoms with Crippen LogP contribution >= 0.6 is 0 Å². The predicted octanol–water partition coefficient (Wildman–Crippen LogP) is 2.92. The molecule has 4 N–H and O–H groups in total. The van der Waals surface area contributed by atoms with Crippen molar-refractivity contribution in [1.29, 1.82) is 0 Å². The van der Waals surface area contributed by atoms with Crippen molar-refractivity contribution in [3.8, 4) is 5.75 Å². The second kappa shape index (κ2) is 13.3. The molecule has 1 amide bonds. The Hall–Kier alpha value is -3.52. The minimum Gasteiger partial charge on any atom is -0.497 e. The molecule has 1 fully saturated rings. The number of nitrogens with one attached hydrogen (secondary N) is 3. The van der Waals surface area contributed by atoms with Gasteiger partial charge >= 0.3 is 12.1 Å². The molecule has 3 rings (SSSR count). The van der Waals surface area contributed by atoms with E-state index >= 15 is 0 Å². The van der Waals surface area contributed by atoms with Crippen LogP contribution in [0.4, 0.5) is 24.5 Å². The molecule has 14 heteroatoms. The Kier molecular flexibility index (Phi) is 10.8. The van der Waals surface area contributed by atoms with Gasteiger partial charge in [-0.15, -0.1) is 0 Å². The molecule has 0 unspecified atom stereocenters. The number of nitrogens with zero attached hydrogens (tertiary/aromatic N) is 1. The SMILES string of the molecule is COc1ccc(S(=O)(=O)Nc2cc(C(=O)NCC(C)C)ccc2N2CCNCC2)cc1.O=C(O)C(F)(F)F. The summed E-state index contributed by atoms with van der Waals surface area (Å²) in [4.78, 5) is 23.7. The van der Waals surface area contributed by atoms with Gasteiger partial charge in [0.2, 0.25) is 0 Å². The number of carboxylic acid groups (broad SMARTS) is 1. The average molecular weight is 561 g/mol. The number of hydrogen-bond acceptors (Lipinski definition) is 7. The number of carbonyl (C=O) groups is 2. The zero-order valence-electron chi connectivity index (χ0n) is 21.1. The number of sulfonamides is 1. The number of methoxy groups -OCH3 is 1. The van der Waals surface area contributed by atoms with Crippen molar-refractivity contribution in [3.05, 3.63) is 48.0 Å². The maximum absolute atomic E-state index is 13.0. The number of halogens is 3. The quantitative estimate of drug-likeness (QED) is 0.387. The first kappa shape index (κ1) is 30.7. The van der Waals surface area contributed by atoms with Crippen LogP contribution < -0.4 is 25.0 Å². The van der Waals surface area contributed by atoms with Crippen molar-refractivity contribution in [2.75, 3.05) is 49.5 Å². The van der Waals surface area contributed by atoms with E-state index in [1.54, 1.807) is 24.3 Å². The van der Waals surface area contributed by atoms with Gasteiger partial charge in [-0.1, -0.05) is 13.8 Å². The fraction of sp³-hybridized carbons (Fsp3) is 0.417. The van der Waals surface area contributed by atoms with Gasteiger partial charge in [-0.2, -0.15) is 13.2 Å². The average Bonchev–Trinajstić information content (AvgIpc) is 2.87. The highest BCUT2D eigenvalue weighted by molar-refractivity contribution is 7.92. The molecule has 2 aromatic rings. The molecule has 0 atom stereocenters. The van der Waals surface area contributed by atoms with Gasteiger partial charge in [0.1, 0.15) is 5.75 Å². The van der Waals surface area contributed by atoms with Gasteiger partial charge in [-0.3, -0.25) is 9.52 Å². The zero-order valence-corrected chi connectivity index (χ0v) is 21.9. The molecular weight excluding hydrogens is 529 g/mol. The van der Waals surface area contributed by atoms with Crippen LogP contribution in [0.15, 0.2) is 47.4 Å². The van der Waals surface area contributed by atoms with Gasteiger partial charge in [0, 0.05) is 38.3 Å². The van der Waals surface area contributed by atoms with Crippen molar-refractivity contribution in [2.24, 2.45) is 5.92 Å². The standard InChI is InChI=1S/C22H30N4O4S.C2HF3O2/c1-16(2)15-24-22(27)17-4-9-21(26-12-10-23-11-13-26)20(14-17)25-31(28,29)19-7-5-18(30-3)6-8-19;3-2(4,5)1(6)7/h4-9,14,16,23,25H,10-13,15H2,1-3H3,(H,24,27);(H,6,7). The normalized spacial score (nSPS) is 13.8. The molecule has 0 aliphatic carbocycles. The summed E-state index contributed by atoms with van der Waals surface area (Å²) in [5.74, 6) is -2.10. The Morgan fingerprint density at radius 3 is 2.18 bits per heavy atom. The summed E-state index contributed by atoms with van der Waals surface area (Å²) in [5.41, 5.74) is 1.54. The maximum atomic E-state index is 13.0. The van der Waals surface area contributed by atoms with E-state index in [1.807, 2.05) is 19.9 Å². The van der Waals surface area contributed by atoms with Crippen LogP contribution in [0.3, 0.4) is 0 Å². The van der Waals surface area contributed by atoms with Crippen molar-refractivity contribution in [1.82, 2.24) is 10.6 Å². The summed E-state index contributed by atoms with van der Waals surface area (Å²) >= 11 is 0. The van der Waals surface area contributed by atoms with Crippen LogP contribution in [0.2, 0.25) is 0 Å². The highest BCUT2D eigenvalue weighted by atomic mass is 32.2. The summed E-state index contributed by atoms with van der Waals surface area (Å²) in [6.07, 6.45) is -5.08. The minimum atomic E-state index is -5.08. The van der Waals surface area contributed by atoms with E-state index in [0.29, 0.717) is 29.5 Å². The van der Waals surface area contributed by atoms with Crippen LogP contribution in [0.1, 0.15) is 24.2 Å². The smallest absolute Gasteiger partial charge is 0.490 e. The fourth-order valence-electron chi connectivity index (χ4n) is 3.30. The zero-order chi connectivity index (χ0) is 28.5. The highest BCUT2D eigenvalue weighted by Gasteiger charge is 2.38. The molecule has 1 aliphatic rings. The number of carboxylic acids is 1. The maximum Gasteiger partial charge on any atom is 0.490 e. The predicted molar refractivity (Wildman–Crippen MR) is 136 cm³/mol. The van der Waals surface area contributed by atoms with Crippen molar-refractivity contribution >= 4 is 33.3 Å². The molecule has 0 aromatic heterocycles. The molecule has 0 radical (unpaired) electrons. The van der Waals surface area contributed by atoms with Gasteiger partial charge < -0.3 is 25.4 Å². The Morgan fingerprint density at radius 1 is 1.11 bits per heavy atom. The topological polar surface area (TPSA) is 137 Å². The van der Waals surface area contributed by atoms with E-state index in [0.717, 1.165) is 31.9 Å². The Labute approximate surface area is 219 Å². The number of amides is 1. The monoisotopic (exact) mass is 560 g/mol. The molecule has 0 saturated carbocycles. The highest BCUT2D eigenvalue weighted by Crippen LogP contribution is 2.30. The van der Waals surface area contributed by atoms with Crippen LogP contribution in [0.5, 0.6) is 5.75 Å². The lowest BCUT2D eigenvalue weighted by Gasteiger charge is -2.31. The van der Waals surface area contributed by atoms with Crippen LogP contribution in [-0.4, -0.2) is 71.4 Å². The second-order valence-corrected chi connectivity index (χ2v) is 10.3. The van der Waals surface area contributed by atoms with Crippen LogP contribution in [-0.2, 0) is 14.8 Å². The van der Waals surface area contributed by atoms with Gasteiger partial charge in [0.05, 0.1) is 23.4 Å². The molecule has 2 aromatic carbocycles. The first-order valence-electron chi connectivity index (χ1n) is 11.6. The third kappa shape index (κ3) is 9.10. The third-order valence-electron chi connectivity index (χ3n) is 5.24. The lowest BCUT2D eigenvalue weighted by molar-refractivity contribution is -0.192. The fourth-order valence-corrected chi connectivity index (χ4v) is 4.36. The number of benzene rings is 2. The first-order valence-corrected chi connectivity index (χ1v) is 13.1. The van der Waals surface area contributed by atoms with E-state index in [4.69, 9.17) is 14.6 Å². The molecule has 10 nitrogen and oxygen atoms in total. The molecule has 1 aliphatic heterocycles. The van der Waals surface area contributed by atoms with E-state index < -0.39 is 22.2 Å². The van der Waals surface area contributed by atoms with Gasteiger partial charge in [0.15, 0.2) is 0 Å². The van der Waals surface area contributed by atoms with E-state index in [2.05, 4.69) is 20.3 Å². The van der Waals surface area contributed by atoms with Crippen LogP contribution in [0.25, 0.3) is 0 Å². The number of ether oxygens (including phenoxy) is 1. The molecule has 0 bridgehead atoms. The van der Waals surface area contributed by atoms with Crippen molar-refractivity contribution in [3.63, 3.8) is 0 Å². The van der Waals surface area contributed by atoms with Crippen molar-refractivity contribution in [2.45, 2.75) is 24.9 Å². The summed E-state index contributed by atoms with van der Waals surface area (Å²) in [6.45, 7) is 7.69. The number of rotatable bonds is 8. The summed E-state index contributed by atoms with van der Waals surface area (Å²) in [7, 11) is -2.32. The van der Waals surface area contributed by atoms with Crippen LogP contribution in [0, 0.1) is 5.92 Å². The van der Waals surface area contributed by atoms with E-state index in [-0.39, 0.29) is 10.8 Å². The first-order chi connectivity index (χ1) is 17.7. The number of alkyl halides is 3. The Morgan fingerprint density at radius 2 is 1.68 bits per heavy atom.